The van der Waals surface area contributed by atoms with Crippen LogP contribution in [0.4, 0.5) is 0 Å². The van der Waals surface area contributed by atoms with Crippen LogP contribution in [0, 0.1) is 0 Å². The fourth-order valence-electron chi connectivity index (χ4n) is 4.29. The maximum Gasteiger partial charge on any atom is 0.135 e. The van der Waals surface area contributed by atoms with Crippen molar-refractivity contribution in [3.05, 3.63) is 154 Å². The Morgan fingerprint density at radius 1 is 0.472 bits per heavy atom. The third-order valence-corrected chi connectivity index (χ3v) is 6.61. The fraction of sp³-hybridized carbons (Fsp3) is 0. The summed E-state index contributed by atoms with van der Waals surface area (Å²) in [5.41, 5.74) is 6.12. The number of benzene rings is 4. The van der Waals surface area contributed by atoms with Crippen molar-refractivity contribution in [2.45, 2.75) is 0 Å². The Bertz CT molecular complexity index is 1450. The minimum absolute atomic E-state index is 0.692. The lowest BCUT2D eigenvalue weighted by Crippen LogP contribution is -2.04. The van der Waals surface area contributed by atoms with E-state index < -0.39 is 0 Å². The predicted molar refractivity (Wildman–Crippen MR) is 149 cm³/mol. The molecule has 0 saturated carbocycles. The minimum atomic E-state index is 0.692. The van der Waals surface area contributed by atoms with Gasteiger partial charge in [0.25, 0.3) is 0 Å². The Morgan fingerprint density at radius 3 is 1.28 bits per heavy atom. The molecule has 2 heterocycles. The van der Waals surface area contributed by atoms with E-state index in [-0.39, 0.29) is 0 Å². The highest BCUT2D eigenvalue weighted by Gasteiger charge is 2.19. The third kappa shape index (κ3) is 4.49. The van der Waals surface area contributed by atoms with E-state index in [1.165, 1.54) is 0 Å². The zero-order valence-electron chi connectivity index (χ0n) is 19.1. The SMILES string of the molecule is Clc1ccc(C2=C/C(=C/C=C3\C=C(c4ccc(Cl)cc4)Oc4ccccc43)c3ccccc3O2)cc1. The quantitative estimate of drug-likeness (QED) is 0.275. The van der Waals surface area contributed by atoms with Gasteiger partial charge >= 0.3 is 0 Å². The maximum atomic E-state index is 6.23. The zero-order valence-corrected chi connectivity index (χ0v) is 20.6. The standard InChI is InChI=1S/C32H20Cl2O2/c33-25-15-11-21(12-16-25)31-19-23(27-5-1-3-7-29(27)35-31)9-10-24-20-32(22-13-17-26(34)18-14-22)36-30-8-4-2-6-28(24)30/h1-20H/b23-9-,24-10+. The van der Waals surface area contributed by atoms with E-state index in [0.29, 0.717) is 10.0 Å². The normalized spacial score (nSPS) is 16.4. The molecule has 2 aliphatic rings. The Balaban J connectivity index is 1.46. The van der Waals surface area contributed by atoms with Gasteiger partial charge in [0, 0.05) is 32.3 Å². The fourth-order valence-corrected chi connectivity index (χ4v) is 4.54. The number of rotatable bonds is 3. The van der Waals surface area contributed by atoms with Crippen LogP contribution in [0.25, 0.3) is 22.7 Å². The molecule has 4 aromatic carbocycles. The van der Waals surface area contributed by atoms with Crippen molar-refractivity contribution in [3.63, 3.8) is 0 Å². The lowest BCUT2D eigenvalue weighted by Gasteiger charge is -2.21. The molecule has 0 aliphatic carbocycles. The highest BCUT2D eigenvalue weighted by atomic mass is 35.5. The second-order valence-corrected chi connectivity index (χ2v) is 9.34. The molecule has 4 aromatic rings. The van der Waals surface area contributed by atoms with Gasteiger partial charge in [0.05, 0.1) is 0 Å². The van der Waals surface area contributed by atoms with Crippen LogP contribution in [-0.2, 0) is 0 Å². The molecule has 0 aromatic heterocycles. The average molecular weight is 507 g/mol. The highest BCUT2D eigenvalue weighted by Crippen LogP contribution is 2.39. The van der Waals surface area contributed by atoms with Gasteiger partial charge in [-0.25, -0.2) is 0 Å². The van der Waals surface area contributed by atoms with Crippen molar-refractivity contribution in [1.82, 2.24) is 0 Å². The Hall–Kier alpha value is -3.98. The monoisotopic (exact) mass is 506 g/mol. The molecule has 0 fully saturated rings. The molecule has 0 N–H and O–H groups in total. The summed E-state index contributed by atoms with van der Waals surface area (Å²) in [4.78, 5) is 0. The van der Waals surface area contributed by atoms with Crippen LogP contribution < -0.4 is 9.47 Å². The summed E-state index contributed by atoms with van der Waals surface area (Å²) >= 11 is 12.2. The van der Waals surface area contributed by atoms with E-state index in [0.717, 1.165) is 56.4 Å². The molecule has 2 aliphatic heterocycles. The first-order chi connectivity index (χ1) is 17.6. The zero-order chi connectivity index (χ0) is 24.5. The Kier molecular flexibility index (Phi) is 5.98. The molecule has 36 heavy (non-hydrogen) atoms. The molecule has 4 heteroatoms. The van der Waals surface area contributed by atoms with E-state index >= 15 is 0 Å². The van der Waals surface area contributed by atoms with Crippen LogP contribution in [0.1, 0.15) is 22.3 Å². The van der Waals surface area contributed by atoms with Crippen LogP contribution in [0.15, 0.2) is 121 Å². The lowest BCUT2D eigenvalue weighted by molar-refractivity contribution is 0.509. The average Bonchev–Trinajstić information content (AvgIpc) is 2.92. The van der Waals surface area contributed by atoms with Crippen LogP contribution in [-0.4, -0.2) is 0 Å². The summed E-state index contributed by atoms with van der Waals surface area (Å²) in [6.07, 6.45) is 8.39. The third-order valence-electron chi connectivity index (χ3n) is 6.11. The molecule has 0 atom stereocenters. The van der Waals surface area contributed by atoms with Gasteiger partial charge in [-0.05, 0) is 84.0 Å². The van der Waals surface area contributed by atoms with Crippen LogP contribution in [0.2, 0.25) is 10.0 Å². The molecule has 0 radical (unpaired) electrons. The molecule has 174 valence electrons. The van der Waals surface area contributed by atoms with Crippen LogP contribution in [0.3, 0.4) is 0 Å². The molecule has 2 nitrogen and oxygen atoms in total. The number of allylic oxidation sites excluding steroid dienone is 6. The van der Waals surface area contributed by atoms with Gasteiger partial charge in [-0.15, -0.1) is 0 Å². The number of para-hydroxylation sites is 2. The summed E-state index contributed by atoms with van der Waals surface area (Å²) in [6.45, 7) is 0. The van der Waals surface area contributed by atoms with Crippen molar-refractivity contribution in [1.29, 1.82) is 0 Å². The molecule has 0 bridgehead atoms. The van der Waals surface area contributed by atoms with Gasteiger partial charge in [-0.2, -0.15) is 0 Å². The molecule has 0 spiro atoms. The second kappa shape index (κ2) is 9.58. The van der Waals surface area contributed by atoms with Gasteiger partial charge in [0.15, 0.2) is 0 Å². The molecule has 0 amide bonds. The largest absolute Gasteiger partial charge is 0.456 e. The van der Waals surface area contributed by atoms with Gasteiger partial charge in [-0.3, -0.25) is 0 Å². The lowest BCUT2D eigenvalue weighted by atomic mass is 9.96. The van der Waals surface area contributed by atoms with E-state index in [2.05, 4.69) is 36.4 Å². The summed E-state index contributed by atoms with van der Waals surface area (Å²) in [6, 6.07) is 31.5. The van der Waals surface area contributed by atoms with Gasteiger partial charge in [-0.1, -0.05) is 71.8 Å². The molecular formula is C32H20Cl2O2. The predicted octanol–water partition coefficient (Wildman–Crippen LogP) is 9.33. The Labute approximate surface area is 220 Å². The molecule has 6 rings (SSSR count). The second-order valence-electron chi connectivity index (χ2n) is 8.47. The van der Waals surface area contributed by atoms with Crippen molar-refractivity contribution in [2.24, 2.45) is 0 Å². The first-order valence-electron chi connectivity index (χ1n) is 11.6. The number of hydrogen-bond donors (Lipinski definition) is 0. The van der Waals surface area contributed by atoms with Crippen molar-refractivity contribution in [3.8, 4) is 11.5 Å². The molecular weight excluding hydrogens is 487 g/mol. The van der Waals surface area contributed by atoms with Crippen molar-refractivity contribution >= 4 is 45.9 Å². The number of halogens is 2. The maximum absolute atomic E-state index is 6.23. The van der Waals surface area contributed by atoms with Crippen LogP contribution >= 0.6 is 23.2 Å². The van der Waals surface area contributed by atoms with Crippen LogP contribution in [0.5, 0.6) is 11.5 Å². The first kappa shape index (κ1) is 22.5. The minimum Gasteiger partial charge on any atom is -0.456 e. The highest BCUT2D eigenvalue weighted by molar-refractivity contribution is 6.30. The number of fused-ring (bicyclic) bond motifs is 2. The number of hydrogen-bond acceptors (Lipinski definition) is 2. The molecule has 0 unspecified atom stereocenters. The van der Waals surface area contributed by atoms with Gasteiger partial charge in [0.2, 0.25) is 0 Å². The van der Waals surface area contributed by atoms with Gasteiger partial charge in [0.1, 0.15) is 23.0 Å². The first-order valence-corrected chi connectivity index (χ1v) is 12.3. The molecule has 0 saturated heterocycles. The summed E-state index contributed by atoms with van der Waals surface area (Å²) in [7, 11) is 0. The summed E-state index contributed by atoms with van der Waals surface area (Å²) < 4.78 is 12.5. The van der Waals surface area contributed by atoms with E-state index in [1.807, 2.05) is 84.9 Å². The number of ether oxygens (including phenoxy) is 2. The Morgan fingerprint density at radius 2 is 0.861 bits per heavy atom. The van der Waals surface area contributed by atoms with E-state index in [4.69, 9.17) is 32.7 Å². The van der Waals surface area contributed by atoms with Gasteiger partial charge < -0.3 is 9.47 Å². The smallest absolute Gasteiger partial charge is 0.135 e. The topological polar surface area (TPSA) is 18.5 Å². The van der Waals surface area contributed by atoms with E-state index in [9.17, 15) is 0 Å². The summed E-state index contributed by atoms with van der Waals surface area (Å²) in [5, 5.41) is 1.38. The van der Waals surface area contributed by atoms with E-state index in [1.54, 1.807) is 0 Å². The summed E-state index contributed by atoms with van der Waals surface area (Å²) in [5.74, 6) is 3.19. The van der Waals surface area contributed by atoms with Crippen molar-refractivity contribution in [2.75, 3.05) is 0 Å². The van der Waals surface area contributed by atoms with Crippen molar-refractivity contribution < 1.29 is 9.47 Å².